The highest BCUT2D eigenvalue weighted by molar-refractivity contribution is 6.09. The smallest absolute Gasteiger partial charge is 0.0540 e. The highest BCUT2D eigenvalue weighted by Gasteiger charge is 2.20. The Kier molecular flexibility index (Phi) is 6.54. The molecule has 220 valence electrons. The molecule has 0 saturated carbocycles. The largest absolute Gasteiger partial charge is 0.309 e. The summed E-state index contributed by atoms with van der Waals surface area (Å²) in [6.07, 6.45) is 0. The number of rotatable bonds is 5. The summed E-state index contributed by atoms with van der Waals surface area (Å²) in [5, 5.41) is 9.98. The fraction of sp³-hybridized carbons (Fsp3) is 0. The predicted molar refractivity (Wildman–Crippen MR) is 202 cm³/mol. The van der Waals surface area contributed by atoms with Crippen LogP contribution in [-0.4, -0.2) is 0 Å². The Morgan fingerprint density at radius 1 is 0.277 bits per heavy atom. The zero-order valence-corrected chi connectivity index (χ0v) is 25.8. The molecule has 0 aromatic heterocycles. The van der Waals surface area contributed by atoms with Crippen LogP contribution >= 0.6 is 0 Å². The zero-order chi connectivity index (χ0) is 31.2. The van der Waals surface area contributed by atoms with Gasteiger partial charge in [-0.3, -0.25) is 0 Å². The Balaban J connectivity index is 1.27. The lowest BCUT2D eigenvalue weighted by atomic mass is 9.94. The Bertz CT molecular complexity index is 2580. The van der Waals surface area contributed by atoms with Crippen molar-refractivity contribution in [3.8, 4) is 22.3 Å². The summed E-state index contributed by atoms with van der Waals surface area (Å²) in [5.74, 6) is 0. The van der Waals surface area contributed by atoms with Crippen LogP contribution in [0, 0.1) is 0 Å². The van der Waals surface area contributed by atoms with Crippen LogP contribution in [0.4, 0.5) is 17.1 Å². The minimum absolute atomic E-state index is 1.13. The van der Waals surface area contributed by atoms with Gasteiger partial charge in [0, 0.05) is 16.6 Å². The van der Waals surface area contributed by atoms with Gasteiger partial charge in [0.25, 0.3) is 0 Å². The monoisotopic (exact) mass is 597 g/mol. The molecule has 9 aromatic rings. The number of fused-ring (bicyclic) bond motifs is 5. The van der Waals surface area contributed by atoms with Crippen LogP contribution in [-0.2, 0) is 0 Å². The molecule has 0 unspecified atom stereocenters. The van der Waals surface area contributed by atoms with Crippen LogP contribution < -0.4 is 4.90 Å². The van der Waals surface area contributed by atoms with Crippen LogP contribution in [0.5, 0.6) is 0 Å². The van der Waals surface area contributed by atoms with Crippen molar-refractivity contribution in [1.82, 2.24) is 0 Å². The van der Waals surface area contributed by atoms with Crippen LogP contribution in [0.2, 0.25) is 0 Å². The third-order valence-electron chi connectivity index (χ3n) is 9.41. The first-order chi connectivity index (χ1) is 23.3. The van der Waals surface area contributed by atoms with E-state index in [1.54, 1.807) is 0 Å². The van der Waals surface area contributed by atoms with Crippen molar-refractivity contribution in [2.24, 2.45) is 0 Å². The van der Waals surface area contributed by atoms with Crippen molar-refractivity contribution in [3.63, 3.8) is 0 Å². The van der Waals surface area contributed by atoms with Crippen molar-refractivity contribution in [2.45, 2.75) is 0 Å². The number of benzene rings is 9. The molecule has 1 heteroatoms. The lowest BCUT2D eigenvalue weighted by Gasteiger charge is -2.29. The number of hydrogen-bond acceptors (Lipinski definition) is 1. The Morgan fingerprint density at radius 3 is 1.62 bits per heavy atom. The molecule has 0 amide bonds. The molecule has 0 N–H and O–H groups in total. The van der Waals surface area contributed by atoms with Crippen LogP contribution in [0.25, 0.3) is 65.3 Å². The summed E-state index contributed by atoms with van der Waals surface area (Å²) >= 11 is 0. The van der Waals surface area contributed by atoms with Gasteiger partial charge in [-0.05, 0) is 84.7 Å². The SMILES string of the molecule is c1cc(-c2ccccc2N(c2ccc3c(ccc4ccccc43)c2)c2cccc3ccccc23)cc(-c2cccc3ccccc23)c1. The van der Waals surface area contributed by atoms with Crippen molar-refractivity contribution in [2.75, 3.05) is 4.90 Å². The molecule has 0 aliphatic heterocycles. The molecule has 0 heterocycles. The second kappa shape index (κ2) is 11.3. The summed E-state index contributed by atoms with van der Waals surface area (Å²) in [6, 6.07) is 68.3. The van der Waals surface area contributed by atoms with Crippen LogP contribution in [0.15, 0.2) is 188 Å². The van der Waals surface area contributed by atoms with E-state index >= 15 is 0 Å². The van der Waals surface area contributed by atoms with Gasteiger partial charge in [-0.25, -0.2) is 0 Å². The molecule has 9 aromatic carbocycles. The highest BCUT2D eigenvalue weighted by atomic mass is 15.1. The summed E-state index contributed by atoms with van der Waals surface area (Å²) in [7, 11) is 0. The third-order valence-corrected chi connectivity index (χ3v) is 9.41. The molecule has 0 atom stereocenters. The van der Waals surface area contributed by atoms with Gasteiger partial charge in [-0.2, -0.15) is 0 Å². The molecule has 0 radical (unpaired) electrons. The number of nitrogens with zero attached hydrogens (tertiary/aromatic N) is 1. The van der Waals surface area contributed by atoms with Gasteiger partial charge >= 0.3 is 0 Å². The third kappa shape index (κ3) is 4.72. The van der Waals surface area contributed by atoms with Crippen LogP contribution in [0.3, 0.4) is 0 Å². The molecule has 0 bridgehead atoms. The van der Waals surface area contributed by atoms with Gasteiger partial charge in [0.05, 0.1) is 11.4 Å². The topological polar surface area (TPSA) is 3.24 Å². The van der Waals surface area contributed by atoms with Gasteiger partial charge < -0.3 is 4.90 Å². The lowest BCUT2D eigenvalue weighted by Crippen LogP contribution is -2.11. The maximum absolute atomic E-state index is 2.44. The standard InChI is InChI=1S/C46H31N/c1-4-19-39-32(12-1)15-10-23-41(39)35-17-9-18-36(30-35)44-22-7-8-24-45(44)47(46-25-11-16-33-13-3-6-21-43(33)46)38-28-29-42-37(31-38)27-26-34-14-2-5-20-40(34)42/h1-31H. The lowest BCUT2D eigenvalue weighted by molar-refractivity contribution is 1.30. The van der Waals surface area contributed by atoms with Crippen LogP contribution in [0.1, 0.15) is 0 Å². The Labute approximate surface area is 274 Å². The van der Waals surface area contributed by atoms with Gasteiger partial charge in [-0.15, -0.1) is 0 Å². The molecule has 0 saturated heterocycles. The first kappa shape index (κ1) is 27.2. The highest BCUT2D eigenvalue weighted by Crippen LogP contribution is 2.45. The van der Waals surface area contributed by atoms with E-state index in [-0.39, 0.29) is 0 Å². The average molecular weight is 598 g/mol. The Morgan fingerprint density at radius 2 is 0.787 bits per heavy atom. The number of hydrogen-bond donors (Lipinski definition) is 0. The second-order valence-electron chi connectivity index (χ2n) is 12.2. The first-order valence-electron chi connectivity index (χ1n) is 16.2. The van der Waals surface area contributed by atoms with E-state index in [4.69, 9.17) is 0 Å². The molecular weight excluding hydrogens is 567 g/mol. The van der Waals surface area contributed by atoms with E-state index in [0.717, 1.165) is 17.1 Å². The Hall–Kier alpha value is -6.18. The molecule has 1 nitrogen and oxygen atoms in total. The molecule has 0 spiro atoms. The molecule has 0 fully saturated rings. The van der Waals surface area contributed by atoms with Crippen molar-refractivity contribution in [3.05, 3.63) is 188 Å². The first-order valence-corrected chi connectivity index (χ1v) is 16.2. The fourth-order valence-corrected chi connectivity index (χ4v) is 7.19. The van der Waals surface area contributed by atoms with Crippen molar-refractivity contribution < 1.29 is 0 Å². The minimum atomic E-state index is 1.13. The quantitative estimate of drug-likeness (QED) is 0.178. The maximum Gasteiger partial charge on any atom is 0.0540 e. The van der Waals surface area contributed by atoms with E-state index in [0.29, 0.717) is 0 Å². The minimum Gasteiger partial charge on any atom is -0.309 e. The van der Waals surface area contributed by atoms with E-state index in [1.807, 2.05) is 0 Å². The molecule has 47 heavy (non-hydrogen) atoms. The van der Waals surface area contributed by atoms with Crippen molar-refractivity contribution in [1.29, 1.82) is 0 Å². The zero-order valence-electron chi connectivity index (χ0n) is 25.8. The molecular formula is C46H31N. The molecule has 0 aliphatic rings. The van der Waals surface area contributed by atoms with Gasteiger partial charge in [0.2, 0.25) is 0 Å². The summed E-state index contributed by atoms with van der Waals surface area (Å²) in [5.41, 5.74) is 8.24. The normalized spacial score (nSPS) is 11.4. The predicted octanol–water partition coefficient (Wildman–Crippen LogP) is 13.1. The van der Waals surface area contributed by atoms with Gasteiger partial charge in [0.15, 0.2) is 0 Å². The number of para-hydroxylation sites is 1. The van der Waals surface area contributed by atoms with E-state index in [9.17, 15) is 0 Å². The molecule has 0 aliphatic carbocycles. The summed E-state index contributed by atoms with van der Waals surface area (Å²) in [6.45, 7) is 0. The van der Waals surface area contributed by atoms with E-state index in [1.165, 1.54) is 65.3 Å². The van der Waals surface area contributed by atoms with E-state index in [2.05, 4.69) is 193 Å². The second-order valence-corrected chi connectivity index (χ2v) is 12.2. The molecule has 9 rings (SSSR count). The fourth-order valence-electron chi connectivity index (χ4n) is 7.19. The summed E-state index contributed by atoms with van der Waals surface area (Å²) < 4.78 is 0. The summed E-state index contributed by atoms with van der Waals surface area (Å²) in [4.78, 5) is 2.44. The van der Waals surface area contributed by atoms with E-state index < -0.39 is 0 Å². The van der Waals surface area contributed by atoms with Gasteiger partial charge in [0.1, 0.15) is 0 Å². The number of anilines is 3. The maximum atomic E-state index is 2.44. The van der Waals surface area contributed by atoms with Crippen molar-refractivity contribution >= 4 is 60.2 Å². The average Bonchev–Trinajstić information content (AvgIpc) is 3.15. The van der Waals surface area contributed by atoms with Gasteiger partial charge in [-0.1, -0.05) is 158 Å².